The van der Waals surface area contributed by atoms with Crippen molar-refractivity contribution < 1.29 is 4.74 Å². The number of nitrogens with one attached hydrogen (secondary N) is 1. The lowest BCUT2D eigenvalue weighted by atomic mass is 10.1. The summed E-state index contributed by atoms with van der Waals surface area (Å²) in [6.45, 7) is 10.5. The maximum absolute atomic E-state index is 5.50. The lowest BCUT2D eigenvalue weighted by Gasteiger charge is -2.19. The van der Waals surface area contributed by atoms with Crippen molar-refractivity contribution in [2.45, 2.75) is 39.3 Å². The molecule has 1 saturated heterocycles. The standard InChI is InChI=1S/C17H28N2O/c1-15(2)18-9-8-16-4-6-17(7-5-16)14-19-10-3-12-20-13-11-19/h4-7,15,18H,3,8-14H2,1-2H3. The Hall–Kier alpha value is -0.900. The summed E-state index contributed by atoms with van der Waals surface area (Å²) in [4.78, 5) is 2.49. The van der Waals surface area contributed by atoms with Gasteiger partial charge >= 0.3 is 0 Å². The van der Waals surface area contributed by atoms with Gasteiger partial charge in [0.05, 0.1) is 6.61 Å². The second kappa shape index (κ2) is 8.40. The lowest BCUT2D eigenvalue weighted by Crippen LogP contribution is -2.26. The Morgan fingerprint density at radius 3 is 2.60 bits per heavy atom. The summed E-state index contributed by atoms with van der Waals surface area (Å²) < 4.78 is 5.50. The molecule has 0 saturated carbocycles. The SMILES string of the molecule is CC(C)NCCc1ccc(CN2CCCOCC2)cc1. The van der Waals surface area contributed by atoms with E-state index in [1.807, 2.05) is 0 Å². The van der Waals surface area contributed by atoms with Gasteiger partial charge in [-0.1, -0.05) is 38.1 Å². The molecule has 20 heavy (non-hydrogen) atoms. The molecule has 1 aromatic rings. The highest BCUT2D eigenvalue weighted by atomic mass is 16.5. The quantitative estimate of drug-likeness (QED) is 0.864. The zero-order valence-corrected chi connectivity index (χ0v) is 12.9. The van der Waals surface area contributed by atoms with Crippen molar-refractivity contribution in [2.75, 3.05) is 32.8 Å². The summed E-state index contributed by atoms with van der Waals surface area (Å²) in [5.74, 6) is 0. The van der Waals surface area contributed by atoms with Crippen LogP contribution in [0, 0.1) is 0 Å². The van der Waals surface area contributed by atoms with Gasteiger partial charge in [-0.15, -0.1) is 0 Å². The van der Waals surface area contributed by atoms with Crippen molar-refractivity contribution in [3.05, 3.63) is 35.4 Å². The molecule has 1 N–H and O–H groups in total. The van der Waals surface area contributed by atoms with E-state index < -0.39 is 0 Å². The van der Waals surface area contributed by atoms with Gasteiger partial charge in [0.25, 0.3) is 0 Å². The van der Waals surface area contributed by atoms with E-state index in [0.29, 0.717) is 6.04 Å². The molecule has 0 aromatic heterocycles. The van der Waals surface area contributed by atoms with E-state index >= 15 is 0 Å². The fourth-order valence-corrected chi connectivity index (χ4v) is 2.53. The molecule has 0 unspecified atom stereocenters. The van der Waals surface area contributed by atoms with Crippen LogP contribution in [0.5, 0.6) is 0 Å². The highest BCUT2D eigenvalue weighted by Crippen LogP contribution is 2.10. The van der Waals surface area contributed by atoms with Crippen molar-refractivity contribution in [3.63, 3.8) is 0 Å². The van der Waals surface area contributed by atoms with Gasteiger partial charge in [-0.25, -0.2) is 0 Å². The number of nitrogens with zero attached hydrogens (tertiary/aromatic N) is 1. The number of ether oxygens (including phenoxy) is 1. The lowest BCUT2D eigenvalue weighted by molar-refractivity contribution is 0.140. The molecule has 0 spiro atoms. The molecule has 0 aliphatic carbocycles. The van der Waals surface area contributed by atoms with E-state index in [1.54, 1.807) is 0 Å². The number of hydrogen-bond donors (Lipinski definition) is 1. The third kappa shape index (κ3) is 5.61. The van der Waals surface area contributed by atoms with Crippen molar-refractivity contribution in [1.29, 1.82) is 0 Å². The van der Waals surface area contributed by atoms with Crippen LogP contribution in [0.1, 0.15) is 31.4 Å². The van der Waals surface area contributed by atoms with Crippen LogP contribution in [0.15, 0.2) is 24.3 Å². The third-order valence-electron chi connectivity index (χ3n) is 3.71. The smallest absolute Gasteiger partial charge is 0.0593 e. The molecule has 0 amide bonds. The molecule has 1 aliphatic rings. The Morgan fingerprint density at radius 1 is 1.10 bits per heavy atom. The van der Waals surface area contributed by atoms with E-state index in [2.05, 4.69) is 48.3 Å². The molecule has 112 valence electrons. The van der Waals surface area contributed by atoms with Crippen LogP contribution in [-0.4, -0.2) is 43.8 Å². The summed E-state index contributed by atoms with van der Waals surface area (Å²) in [6, 6.07) is 9.66. The van der Waals surface area contributed by atoms with Gasteiger partial charge in [-0.05, 0) is 30.5 Å². The van der Waals surface area contributed by atoms with E-state index in [0.717, 1.165) is 52.2 Å². The zero-order chi connectivity index (χ0) is 14.2. The molecule has 1 fully saturated rings. The van der Waals surface area contributed by atoms with Crippen molar-refractivity contribution in [1.82, 2.24) is 10.2 Å². The molecule has 0 bridgehead atoms. The van der Waals surface area contributed by atoms with E-state index in [9.17, 15) is 0 Å². The second-order valence-corrected chi connectivity index (χ2v) is 5.92. The third-order valence-corrected chi connectivity index (χ3v) is 3.71. The van der Waals surface area contributed by atoms with Crippen LogP contribution < -0.4 is 5.32 Å². The highest BCUT2D eigenvalue weighted by Gasteiger charge is 2.09. The maximum Gasteiger partial charge on any atom is 0.0593 e. The van der Waals surface area contributed by atoms with Gasteiger partial charge in [-0.2, -0.15) is 0 Å². The number of benzene rings is 1. The molecular formula is C17H28N2O. The first-order chi connectivity index (χ1) is 9.74. The van der Waals surface area contributed by atoms with Crippen LogP contribution in [-0.2, 0) is 17.7 Å². The summed E-state index contributed by atoms with van der Waals surface area (Å²) in [6.07, 6.45) is 2.26. The van der Waals surface area contributed by atoms with Crippen LogP contribution in [0.3, 0.4) is 0 Å². The summed E-state index contributed by atoms with van der Waals surface area (Å²) in [7, 11) is 0. The largest absolute Gasteiger partial charge is 0.380 e. The first-order valence-corrected chi connectivity index (χ1v) is 7.85. The van der Waals surface area contributed by atoms with Crippen LogP contribution in [0.25, 0.3) is 0 Å². The molecule has 2 rings (SSSR count). The Kier molecular flexibility index (Phi) is 6.51. The predicted octanol–water partition coefficient (Wildman–Crippen LogP) is 2.45. The maximum atomic E-state index is 5.50. The van der Waals surface area contributed by atoms with Gasteiger partial charge in [-0.3, -0.25) is 4.90 Å². The number of hydrogen-bond acceptors (Lipinski definition) is 3. The summed E-state index contributed by atoms with van der Waals surface area (Å²) in [5, 5.41) is 3.46. The summed E-state index contributed by atoms with van der Waals surface area (Å²) >= 11 is 0. The van der Waals surface area contributed by atoms with Gasteiger partial charge < -0.3 is 10.1 Å². The minimum Gasteiger partial charge on any atom is -0.380 e. The predicted molar refractivity (Wildman–Crippen MR) is 84.0 cm³/mol. The topological polar surface area (TPSA) is 24.5 Å². The average Bonchev–Trinajstić information content (AvgIpc) is 2.69. The zero-order valence-electron chi connectivity index (χ0n) is 12.9. The fourth-order valence-electron chi connectivity index (χ4n) is 2.53. The van der Waals surface area contributed by atoms with Crippen molar-refractivity contribution in [3.8, 4) is 0 Å². The Labute approximate surface area is 123 Å². The molecule has 0 radical (unpaired) electrons. The Balaban J connectivity index is 1.78. The van der Waals surface area contributed by atoms with Crippen molar-refractivity contribution >= 4 is 0 Å². The monoisotopic (exact) mass is 276 g/mol. The minimum atomic E-state index is 0.569. The Bertz CT molecular complexity index is 367. The molecule has 3 nitrogen and oxygen atoms in total. The van der Waals surface area contributed by atoms with Gasteiger partial charge in [0, 0.05) is 32.3 Å². The summed E-state index contributed by atoms with van der Waals surface area (Å²) in [5.41, 5.74) is 2.83. The molecule has 1 aromatic carbocycles. The fraction of sp³-hybridized carbons (Fsp3) is 0.647. The van der Waals surface area contributed by atoms with Crippen LogP contribution >= 0.6 is 0 Å². The van der Waals surface area contributed by atoms with E-state index in [-0.39, 0.29) is 0 Å². The van der Waals surface area contributed by atoms with Crippen molar-refractivity contribution in [2.24, 2.45) is 0 Å². The van der Waals surface area contributed by atoms with E-state index in [1.165, 1.54) is 11.1 Å². The second-order valence-electron chi connectivity index (χ2n) is 5.92. The molecule has 1 heterocycles. The molecule has 3 heteroatoms. The van der Waals surface area contributed by atoms with Gasteiger partial charge in [0.2, 0.25) is 0 Å². The van der Waals surface area contributed by atoms with Gasteiger partial charge in [0.1, 0.15) is 0 Å². The van der Waals surface area contributed by atoms with E-state index in [4.69, 9.17) is 4.74 Å². The Morgan fingerprint density at radius 2 is 1.85 bits per heavy atom. The molecular weight excluding hydrogens is 248 g/mol. The molecule has 1 aliphatic heterocycles. The van der Waals surface area contributed by atoms with Crippen LogP contribution in [0.2, 0.25) is 0 Å². The normalized spacial score (nSPS) is 17.4. The average molecular weight is 276 g/mol. The van der Waals surface area contributed by atoms with Crippen LogP contribution in [0.4, 0.5) is 0 Å². The minimum absolute atomic E-state index is 0.569. The highest BCUT2D eigenvalue weighted by molar-refractivity contribution is 5.22. The first-order valence-electron chi connectivity index (χ1n) is 7.85. The number of rotatable bonds is 6. The molecule has 0 atom stereocenters. The first kappa shape index (κ1) is 15.5. The van der Waals surface area contributed by atoms with Gasteiger partial charge in [0.15, 0.2) is 0 Å².